The second-order valence-electron chi connectivity index (χ2n) is 7.07. The van der Waals surface area contributed by atoms with Crippen molar-refractivity contribution < 1.29 is 20.0 Å². The topological polar surface area (TPSA) is 85.1 Å². The minimum atomic E-state index is -1.00. The number of hydrogen-bond acceptors (Lipinski definition) is 4. The minimum absolute atomic E-state index is 0.00893. The smallest absolute Gasteiger partial charge is 0.258 e. The molecule has 0 radical (unpaired) electrons. The Kier molecular flexibility index (Phi) is 5.70. The molecule has 2 atom stereocenters. The fraction of sp³-hybridized carbons (Fsp3) is 0.333. The van der Waals surface area contributed by atoms with Crippen molar-refractivity contribution in [1.29, 1.82) is 0 Å². The number of rotatable bonds is 5. The molecule has 0 saturated carbocycles. The molecular formula is C21H24N2O4. The summed E-state index contributed by atoms with van der Waals surface area (Å²) in [5, 5.41) is 20.3. The molecule has 27 heavy (non-hydrogen) atoms. The Hall–Kier alpha value is -2.54. The monoisotopic (exact) mass is 368 g/mol. The van der Waals surface area contributed by atoms with Gasteiger partial charge in [-0.3, -0.25) is 4.79 Å². The van der Waals surface area contributed by atoms with Crippen LogP contribution in [-0.4, -0.2) is 22.9 Å². The van der Waals surface area contributed by atoms with Crippen LogP contribution in [0.15, 0.2) is 42.5 Å². The molecular weight excluding hydrogens is 344 g/mol. The number of Topliss-reactive ketones (excluding diaryl/α,β-unsaturated/α-hetero) is 1. The third-order valence-electron chi connectivity index (χ3n) is 5.05. The van der Waals surface area contributed by atoms with Gasteiger partial charge in [-0.25, -0.2) is 5.21 Å². The van der Waals surface area contributed by atoms with Crippen molar-refractivity contribution in [1.82, 2.24) is 0 Å². The molecule has 1 amide bonds. The number of nitrogens with zero attached hydrogens (tertiary/aromatic N) is 1. The predicted molar refractivity (Wildman–Crippen MR) is 102 cm³/mol. The number of carbonyl (C=O) groups excluding carboxylic acids is 2. The average molecular weight is 368 g/mol. The lowest BCUT2D eigenvalue weighted by molar-refractivity contribution is -0.991. The summed E-state index contributed by atoms with van der Waals surface area (Å²) in [7, 11) is 0. The van der Waals surface area contributed by atoms with Crippen LogP contribution in [-0.2, 0) is 17.6 Å². The summed E-state index contributed by atoms with van der Waals surface area (Å²) in [6, 6.07) is 12.6. The highest BCUT2D eigenvalue weighted by Gasteiger charge is 2.31. The van der Waals surface area contributed by atoms with E-state index in [1.807, 2.05) is 25.1 Å². The fourth-order valence-electron chi connectivity index (χ4n) is 3.58. The van der Waals surface area contributed by atoms with Crippen LogP contribution in [0.5, 0.6) is 0 Å². The Bertz CT molecular complexity index is 849. The zero-order chi connectivity index (χ0) is 19.6. The molecule has 0 spiro atoms. The molecule has 0 fully saturated rings. The van der Waals surface area contributed by atoms with Gasteiger partial charge in [-0.1, -0.05) is 18.2 Å². The highest BCUT2D eigenvalue weighted by atomic mass is 16.8. The molecule has 1 aliphatic rings. The van der Waals surface area contributed by atoms with Crippen molar-refractivity contribution in [2.45, 2.75) is 45.6 Å². The first-order valence-corrected chi connectivity index (χ1v) is 9.15. The molecule has 6 nitrogen and oxygen atoms in total. The largest absolute Gasteiger partial charge is 0.595 e. The molecule has 142 valence electrons. The molecule has 1 heterocycles. The van der Waals surface area contributed by atoms with E-state index < -0.39 is 5.23 Å². The van der Waals surface area contributed by atoms with Gasteiger partial charge >= 0.3 is 0 Å². The Morgan fingerprint density at radius 3 is 2.59 bits per heavy atom. The summed E-state index contributed by atoms with van der Waals surface area (Å²) in [6.45, 7) is 3.50. The van der Waals surface area contributed by atoms with Gasteiger partial charge in [0, 0.05) is 35.3 Å². The summed E-state index contributed by atoms with van der Waals surface area (Å²) in [5.41, 5.74) is 3.03. The van der Waals surface area contributed by atoms with E-state index in [0.717, 1.165) is 24.1 Å². The highest BCUT2D eigenvalue weighted by Crippen LogP contribution is 2.35. The Morgan fingerprint density at radius 2 is 1.96 bits per heavy atom. The lowest BCUT2D eigenvalue weighted by Crippen LogP contribution is -2.99. The van der Waals surface area contributed by atoms with E-state index in [-0.39, 0.29) is 29.8 Å². The number of carbonyl (C=O) groups is 2. The van der Waals surface area contributed by atoms with Crippen molar-refractivity contribution in [3.05, 3.63) is 64.4 Å². The average Bonchev–Trinajstić information content (AvgIpc) is 2.65. The maximum Gasteiger partial charge on any atom is 0.258 e. The second kappa shape index (κ2) is 8.00. The van der Waals surface area contributed by atoms with Gasteiger partial charge in [-0.05, 0) is 56.9 Å². The van der Waals surface area contributed by atoms with Gasteiger partial charge in [-0.2, -0.15) is 5.23 Å². The minimum Gasteiger partial charge on any atom is -0.595 e. The van der Waals surface area contributed by atoms with E-state index in [1.54, 1.807) is 29.2 Å². The van der Waals surface area contributed by atoms with Crippen molar-refractivity contribution in [2.24, 2.45) is 0 Å². The predicted octanol–water partition coefficient (Wildman–Crippen LogP) is 2.59. The molecule has 0 aliphatic carbocycles. The zero-order valence-electron chi connectivity index (χ0n) is 15.6. The standard InChI is InChI=1S/C21H24N2O4/c1-14-8-10-17-13-20(23(26)27)18(11-9-15(2)24)12-19(17)22(14)21(25)16-6-4-3-5-7-16/h3-7,12-14,23,26H,8-11H2,1-2H3/t14-/m0/s1. The fourth-order valence-corrected chi connectivity index (χ4v) is 3.58. The summed E-state index contributed by atoms with van der Waals surface area (Å²) in [5.74, 6) is -0.0840. The van der Waals surface area contributed by atoms with Gasteiger partial charge in [0.15, 0.2) is 5.69 Å². The molecule has 1 aliphatic heterocycles. The van der Waals surface area contributed by atoms with Gasteiger partial charge in [0.05, 0.1) is 0 Å². The van der Waals surface area contributed by atoms with Crippen molar-refractivity contribution in [3.63, 3.8) is 0 Å². The quantitative estimate of drug-likeness (QED) is 0.795. The lowest BCUT2D eigenvalue weighted by Gasteiger charge is -2.36. The number of hydrogen-bond donors (Lipinski definition) is 2. The van der Waals surface area contributed by atoms with E-state index >= 15 is 0 Å². The molecule has 0 saturated heterocycles. The maximum atomic E-state index is 13.1. The number of nitrogens with one attached hydrogen (secondary N) is 1. The summed E-state index contributed by atoms with van der Waals surface area (Å²) < 4.78 is 0. The van der Waals surface area contributed by atoms with Gasteiger partial charge in [0.25, 0.3) is 5.91 Å². The molecule has 2 aromatic carbocycles. The molecule has 3 rings (SSSR count). The second-order valence-corrected chi connectivity index (χ2v) is 7.07. The van der Waals surface area contributed by atoms with Crippen LogP contribution in [0.25, 0.3) is 0 Å². The summed E-state index contributed by atoms with van der Waals surface area (Å²) in [4.78, 5) is 26.3. The van der Waals surface area contributed by atoms with E-state index in [9.17, 15) is 20.0 Å². The Morgan fingerprint density at radius 1 is 1.26 bits per heavy atom. The number of anilines is 1. The lowest BCUT2D eigenvalue weighted by atomic mass is 9.92. The van der Waals surface area contributed by atoms with E-state index in [2.05, 4.69) is 0 Å². The summed E-state index contributed by atoms with van der Waals surface area (Å²) >= 11 is 0. The van der Waals surface area contributed by atoms with Gasteiger partial charge in [0.2, 0.25) is 0 Å². The zero-order valence-corrected chi connectivity index (χ0v) is 15.6. The highest BCUT2D eigenvalue weighted by molar-refractivity contribution is 6.07. The Labute approximate surface area is 158 Å². The molecule has 0 aromatic heterocycles. The molecule has 1 unspecified atom stereocenters. The normalized spacial score (nSPS) is 17.3. The van der Waals surface area contributed by atoms with Crippen LogP contribution in [0.1, 0.15) is 48.2 Å². The third-order valence-corrected chi connectivity index (χ3v) is 5.05. The first-order valence-electron chi connectivity index (χ1n) is 9.15. The number of aryl methyl sites for hydroxylation is 2. The number of quaternary nitrogens is 1. The van der Waals surface area contributed by atoms with Crippen LogP contribution in [0, 0.1) is 5.21 Å². The van der Waals surface area contributed by atoms with Crippen LogP contribution in [0.2, 0.25) is 0 Å². The van der Waals surface area contributed by atoms with E-state index in [4.69, 9.17) is 0 Å². The van der Waals surface area contributed by atoms with Crippen LogP contribution >= 0.6 is 0 Å². The van der Waals surface area contributed by atoms with E-state index in [1.165, 1.54) is 6.92 Å². The van der Waals surface area contributed by atoms with Crippen LogP contribution in [0.3, 0.4) is 0 Å². The molecule has 0 bridgehead atoms. The molecule has 6 heteroatoms. The van der Waals surface area contributed by atoms with Gasteiger partial charge < -0.3 is 14.9 Å². The van der Waals surface area contributed by atoms with E-state index in [0.29, 0.717) is 17.5 Å². The van der Waals surface area contributed by atoms with Gasteiger partial charge in [-0.15, -0.1) is 0 Å². The molecule has 2 aromatic rings. The number of ketones is 1. The van der Waals surface area contributed by atoms with Crippen LogP contribution < -0.4 is 10.1 Å². The SMILES string of the molecule is CC(=O)CCc1cc2c(cc1[NH+]([O-])O)CC[C@H](C)N2C(=O)c1ccccc1. The number of fused-ring (bicyclic) bond motifs is 1. The number of benzene rings is 2. The van der Waals surface area contributed by atoms with Crippen LogP contribution in [0.4, 0.5) is 11.4 Å². The maximum absolute atomic E-state index is 13.1. The van der Waals surface area contributed by atoms with Gasteiger partial charge in [0.1, 0.15) is 5.78 Å². The van der Waals surface area contributed by atoms with Crippen molar-refractivity contribution in [3.8, 4) is 0 Å². The first kappa shape index (κ1) is 19.2. The number of amides is 1. The van der Waals surface area contributed by atoms with Crippen molar-refractivity contribution >= 4 is 23.1 Å². The Balaban J connectivity index is 2.06. The van der Waals surface area contributed by atoms with Crippen molar-refractivity contribution in [2.75, 3.05) is 4.90 Å². The third kappa shape index (κ3) is 4.08. The molecule has 2 N–H and O–H groups in total. The summed E-state index contributed by atoms with van der Waals surface area (Å²) in [6.07, 6.45) is 2.13. The first-order chi connectivity index (χ1) is 12.9.